The van der Waals surface area contributed by atoms with Gasteiger partial charge in [-0.15, -0.1) is 0 Å². The van der Waals surface area contributed by atoms with Crippen LogP contribution in [0.2, 0.25) is 0 Å². The molecule has 0 aromatic heterocycles. The van der Waals surface area contributed by atoms with Crippen LogP contribution in [0.5, 0.6) is 0 Å². The van der Waals surface area contributed by atoms with Crippen LogP contribution in [0.3, 0.4) is 0 Å². The van der Waals surface area contributed by atoms with E-state index in [1.54, 1.807) is 0 Å². The van der Waals surface area contributed by atoms with Gasteiger partial charge in [0.15, 0.2) is 0 Å². The van der Waals surface area contributed by atoms with Gasteiger partial charge in [0.2, 0.25) is 5.91 Å². The van der Waals surface area contributed by atoms with Gasteiger partial charge in [0.1, 0.15) is 0 Å². The summed E-state index contributed by atoms with van der Waals surface area (Å²) >= 11 is 0. The zero-order valence-electron chi connectivity index (χ0n) is 9.33. The highest BCUT2D eigenvalue weighted by Gasteiger charge is 2.24. The second-order valence-corrected chi connectivity index (χ2v) is 4.29. The van der Waals surface area contributed by atoms with Gasteiger partial charge in [0.05, 0.1) is 6.54 Å². The van der Waals surface area contributed by atoms with Crippen LogP contribution in [0.4, 0.5) is 0 Å². The summed E-state index contributed by atoms with van der Waals surface area (Å²) in [7, 11) is 1.88. The number of nitrogens with zero attached hydrogens (tertiary/aromatic N) is 1. The lowest BCUT2D eigenvalue weighted by atomic mass is 9.84. The summed E-state index contributed by atoms with van der Waals surface area (Å²) < 4.78 is 0. The Morgan fingerprint density at radius 3 is 2.36 bits per heavy atom. The highest BCUT2D eigenvalue weighted by Crippen LogP contribution is 2.28. The van der Waals surface area contributed by atoms with E-state index in [1.165, 1.54) is 19.3 Å². The first kappa shape index (κ1) is 11.5. The van der Waals surface area contributed by atoms with E-state index in [-0.39, 0.29) is 12.5 Å². The molecule has 0 saturated heterocycles. The van der Waals surface area contributed by atoms with Gasteiger partial charge in [-0.25, -0.2) is 0 Å². The Hall–Kier alpha value is -0.570. The highest BCUT2D eigenvalue weighted by atomic mass is 16.2. The van der Waals surface area contributed by atoms with Gasteiger partial charge in [-0.2, -0.15) is 0 Å². The topological polar surface area (TPSA) is 46.3 Å². The Balaban J connectivity index is 2.37. The van der Waals surface area contributed by atoms with Gasteiger partial charge in [-0.05, 0) is 31.6 Å². The smallest absolute Gasteiger partial charge is 0.236 e. The molecule has 14 heavy (non-hydrogen) atoms. The van der Waals surface area contributed by atoms with E-state index in [2.05, 4.69) is 6.92 Å². The molecule has 1 aliphatic carbocycles. The molecular weight excluding hydrogens is 176 g/mol. The van der Waals surface area contributed by atoms with E-state index in [0.29, 0.717) is 6.04 Å². The summed E-state index contributed by atoms with van der Waals surface area (Å²) in [6, 6.07) is 0.439. The molecule has 0 heterocycles. The van der Waals surface area contributed by atoms with E-state index in [4.69, 9.17) is 5.73 Å². The molecule has 1 rings (SSSR count). The van der Waals surface area contributed by atoms with Crippen molar-refractivity contribution in [1.29, 1.82) is 0 Å². The maximum Gasteiger partial charge on any atom is 0.236 e. The normalized spacial score (nSPS) is 27.4. The van der Waals surface area contributed by atoms with Crippen LogP contribution < -0.4 is 5.73 Å². The van der Waals surface area contributed by atoms with Crippen LogP contribution in [0.15, 0.2) is 0 Å². The van der Waals surface area contributed by atoms with Crippen molar-refractivity contribution in [3.8, 4) is 0 Å². The lowest BCUT2D eigenvalue weighted by Crippen LogP contribution is -2.42. The number of carbonyl (C=O) groups excluding carboxylic acids is 1. The van der Waals surface area contributed by atoms with Crippen LogP contribution in [-0.2, 0) is 4.79 Å². The second kappa shape index (κ2) is 5.35. The van der Waals surface area contributed by atoms with E-state index < -0.39 is 0 Å². The predicted octanol–water partition coefficient (Wildman–Crippen LogP) is 1.37. The molecular formula is C11H22N2O. The Labute approximate surface area is 86.6 Å². The monoisotopic (exact) mass is 198 g/mol. The molecule has 0 unspecified atom stereocenters. The average Bonchev–Trinajstić information content (AvgIpc) is 2.27. The average molecular weight is 198 g/mol. The minimum atomic E-state index is 0.0740. The number of nitrogens with two attached hydrogens (primary N) is 1. The first-order chi connectivity index (χ1) is 6.69. The van der Waals surface area contributed by atoms with Crippen molar-refractivity contribution >= 4 is 5.91 Å². The molecule has 0 spiro atoms. The van der Waals surface area contributed by atoms with Crippen molar-refractivity contribution < 1.29 is 4.79 Å². The van der Waals surface area contributed by atoms with Gasteiger partial charge in [0.25, 0.3) is 0 Å². The van der Waals surface area contributed by atoms with E-state index in [9.17, 15) is 4.79 Å². The summed E-state index contributed by atoms with van der Waals surface area (Å²) in [5.41, 5.74) is 5.34. The molecule has 1 aliphatic rings. The number of likely N-dealkylation sites (N-methyl/N-ethyl adjacent to an activating group) is 1. The molecule has 1 fully saturated rings. The summed E-state index contributed by atoms with van der Waals surface area (Å²) in [4.78, 5) is 13.2. The van der Waals surface area contributed by atoms with E-state index in [0.717, 1.165) is 18.8 Å². The third-order valence-corrected chi connectivity index (χ3v) is 3.51. The molecule has 1 amide bonds. The SMILES string of the molecule is CCC1CCC(N(C)C(=O)CN)CC1. The Morgan fingerprint density at radius 1 is 1.36 bits per heavy atom. The van der Waals surface area contributed by atoms with Crippen LogP contribution in [0.25, 0.3) is 0 Å². The van der Waals surface area contributed by atoms with Crippen molar-refractivity contribution in [2.75, 3.05) is 13.6 Å². The van der Waals surface area contributed by atoms with Gasteiger partial charge in [-0.1, -0.05) is 13.3 Å². The molecule has 0 radical (unpaired) electrons. The Kier molecular flexibility index (Phi) is 4.39. The van der Waals surface area contributed by atoms with Crippen molar-refractivity contribution in [3.05, 3.63) is 0 Å². The summed E-state index contributed by atoms with van der Waals surface area (Å²) in [5, 5.41) is 0. The fourth-order valence-electron chi connectivity index (χ4n) is 2.29. The van der Waals surface area contributed by atoms with E-state index in [1.807, 2.05) is 11.9 Å². The Bertz CT molecular complexity index is 186. The maximum atomic E-state index is 11.4. The minimum Gasteiger partial charge on any atom is -0.342 e. The van der Waals surface area contributed by atoms with Crippen LogP contribution >= 0.6 is 0 Å². The molecule has 0 atom stereocenters. The molecule has 82 valence electrons. The minimum absolute atomic E-state index is 0.0740. The van der Waals surface area contributed by atoms with Gasteiger partial charge < -0.3 is 10.6 Å². The fraction of sp³-hybridized carbons (Fsp3) is 0.909. The lowest BCUT2D eigenvalue weighted by Gasteiger charge is -2.34. The maximum absolute atomic E-state index is 11.4. The first-order valence-electron chi connectivity index (χ1n) is 5.64. The largest absolute Gasteiger partial charge is 0.342 e. The standard InChI is InChI=1S/C11H22N2O/c1-3-9-4-6-10(7-5-9)13(2)11(14)8-12/h9-10H,3-8,12H2,1-2H3. The number of amides is 1. The second-order valence-electron chi connectivity index (χ2n) is 4.29. The first-order valence-corrected chi connectivity index (χ1v) is 5.64. The number of hydrogen-bond donors (Lipinski definition) is 1. The molecule has 3 nitrogen and oxygen atoms in total. The summed E-state index contributed by atoms with van der Waals surface area (Å²) in [5.74, 6) is 0.956. The number of rotatable bonds is 3. The van der Waals surface area contributed by atoms with E-state index >= 15 is 0 Å². The zero-order chi connectivity index (χ0) is 10.6. The van der Waals surface area contributed by atoms with Crippen LogP contribution in [0, 0.1) is 5.92 Å². The van der Waals surface area contributed by atoms with Gasteiger partial charge in [0, 0.05) is 13.1 Å². The molecule has 0 aromatic rings. The molecule has 0 bridgehead atoms. The third kappa shape index (κ3) is 2.71. The molecule has 0 aromatic carbocycles. The van der Waals surface area contributed by atoms with Crippen molar-refractivity contribution in [1.82, 2.24) is 4.90 Å². The fourth-order valence-corrected chi connectivity index (χ4v) is 2.29. The summed E-state index contributed by atoms with van der Waals surface area (Å²) in [6.07, 6.45) is 6.12. The van der Waals surface area contributed by atoms with Gasteiger partial charge >= 0.3 is 0 Å². The quantitative estimate of drug-likeness (QED) is 0.744. The molecule has 3 heteroatoms. The predicted molar refractivity (Wildman–Crippen MR) is 57.9 cm³/mol. The number of hydrogen-bond acceptors (Lipinski definition) is 2. The van der Waals surface area contributed by atoms with Crippen molar-refractivity contribution in [2.24, 2.45) is 11.7 Å². The third-order valence-electron chi connectivity index (χ3n) is 3.51. The lowest BCUT2D eigenvalue weighted by molar-refractivity contribution is -0.131. The van der Waals surface area contributed by atoms with Crippen molar-refractivity contribution in [3.63, 3.8) is 0 Å². The highest BCUT2D eigenvalue weighted by molar-refractivity contribution is 5.78. The van der Waals surface area contributed by atoms with Gasteiger partial charge in [-0.3, -0.25) is 4.79 Å². The van der Waals surface area contributed by atoms with Crippen LogP contribution in [-0.4, -0.2) is 30.4 Å². The molecule has 0 aliphatic heterocycles. The van der Waals surface area contributed by atoms with Crippen LogP contribution in [0.1, 0.15) is 39.0 Å². The van der Waals surface area contributed by atoms with Crippen molar-refractivity contribution in [2.45, 2.75) is 45.1 Å². The summed E-state index contributed by atoms with van der Waals surface area (Å²) in [6.45, 7) is 2.39. The zero-order valence-corrected chi connectivity index (χ0v) is 9.33. The number of carbonyl (C=O) groups is 1. The molecule has 2 N–H and O–H groups in total. The Morgan fingerprint density at radius 2 is 1.93 bits per heavy atom. The molecule has 1 saturated carbocycles.